The summed E-state index contributed by atoms with van der Waals surface area (Å²) in [4.78, 5) is 0. The van der Waals surface area contributed by atoms with E-state index >= 15 is 0 Å². The van der Waals surface area contributed by atoms with Crippen LogP contribution in [0.1, 0.15) is 36.0 Å². The molecule has 0 amide bonds. The van der Waals surface area contributed by atoms with Crippen molar-refractivity contribution in [2.24, 2.45) is 5.73 Å². The van der Waals surface area contributed by atoms with Gasteiger partial charge < -0.3 is 10.8 Å². The lowest BCUT2D eigenvalue weighted by Crippen LogP contribution is -2.33. The maximum atomic E-state index is 10.2. The number of aliphatic hydroxyl groups is 1. The smallest absolute Gasteiger partial charge is 0.0896 e. The Balaban J connectivity index is 1.96. The van der Waals surface area contributed by atoms with Crippen molar-refractivity contribution in [1.82, 2.24) is 0 Å². The van der Waals surface area contributed by atoms with Gasteiger partial charge in [0.05, 0.1) is 5.60 Å². The van der Waals surface area contributed by atoms with Crippen LogP contribution in [0.3, 0.4) is 0 Å². The van der Waals surface area contributed by atoms with Gasteiger partial charge in [-0.15, -0.1) is 0 Å². The van der Waals surface area contributed by atoms with Gasteiger partial charge in [0.1, 0.15) is 0 Å². The van der Waals surface area contributed by atoms with E-state index in [-0.39, 0.29) is 6.04 Å². The highest BCUT2D eigenvalue weighted by atomic mass is 16.3. The first-order chi connectivity index (χ1) is 7.17. The van der Waals surface area contributed by atoms with E-state index in [1.165, 1.54) is 11.1 Å². The first kappa shape index (κ1) is 9.37. The summed E-state index contributed by atoms with van der Waals surface area (Å²) in [7, 11) is 0. The molecule has 0 spiro atoms. The summed E-state index contributed by atoms with van der Waals surface area (Å²) in [5.74, 6) is 0. The SMILES string of the molecule is NC1Cc2ccc(C3(O)CCC3)cc2C1. The average Bonchev–Trinajstić information content (AvgIpc) is 2.53. The molecule has 2 aliphatic carbocycles. The van der Waals surface area contributed by atoms with E-state index < -0.39 is 5.60 Å². The Hall–Kier alpha value is -0.860. The van der Waals surface area contributed by atoms with E-state index in [1.54, 1.807) is 0 Å². The van der Waals surface area contributed by atoms with Crippen LogP contribution in [-0.2, 0) is 18.4 Å². The van der Waals surface area contributed by atoms with E-state index in [9.17, 15) is 5.11 Å². The molecule has 2 heteroatoms. The van der Waals surface area contributed by atoms with Crippen LogP contribution in [0.4, 0.5) is 0 Å². The lowest BCUT2D eigenvalue weighted by Gasteiger charge is -2.37. The minimum atomic E-state index is -0.526. The number of hydrogen-bond donors (Lipinski definition) is 2. The molecule has 1 atom stereocenters. The Kier molecular flexibility index (Phi) is 1.91. The maximum Gasteiger partial charge on any atom is 0.0896 e. The fourth-order valence-corrected chi connectivity index (χ4v) is 2.74. The van der Waals surface area contributed by atoms with Crippen LogP contribution >= 0.6 is 0 Å². The molecule has 0 aromatic heterocycles. The van der Waals surface area contributed by atoms with Gasteiger partial charge in [-0.05, 0) is 48.8 Å². The second-order valence-corrected chi connectivity index (χ2v) is 5.04. The molecule has 2 nitrogen and oxygen atoms in total. The van der Waals surface area contributed by atoms with Crippen LogP contribution in [0.5, 0.6) is 0 Å². The summed E-state index contributed by atoms with van der Waals surface area (Å²) in [6.45, 7) is 0. The fourth-order valence-electron chi connectivity index (χ4n) is 2.74. The molecule has 0 saturated heterocycles. The lowest BCUT2D eigenvalue weighted by molar-refractivity contribution is -0.0388. The van der Waals surface area contributed by atoms with Crippen LogP contribution in [0.25, 0.3) is 0 Å². The Morgan fingerprint density at radius 2 is 1.93 bits per heavy atom. The third kappa shape index (κ3) is 1.40. The number of hydrogen-bond acceptors (Lipinski definition) is 2. The Morgan fingerprint density at radius 1 is 1.20 bits per heavy atom. The molecule has 3 N–H and O–H groups in total. The van der Waals surface area contributed by atoms with Crippen LogP contribution in [0.15, 0.2) is 18.2 Å². The second-order valence-electron chi connectivity index (χ2n) is 5.04. The summed E-state index contributed by atoms with van der Waals surface area (Å²) in [5.41, 5.74) is 9.22. The van der Waals surface area contributed by atoms with Gasteiger partial charge >= 0.3 is 0 Å². The molecule has 3 rings (SSSR count). The average molecular weight is 203 g/mol. The zero-order valence-corrected chi connectivity index (χ0v) is 8.87. The molecule has 0 bridgehead atoms. The highest BCUT2D eigenvalue weighted by Gasteiger charge is 2.36. The zero-order valence-electron chi connectivity index (χ0n) is 8.87. The van der Waals surface area contributed by atoms with Gasteiger partial charge in [0.15, 0.2) is 0 Å². The molecule has 80 valence electrons. The first-order valence-electron chi connectivity index (χ1n) is 5.78. The van der Waals surface area contributed by atoms with E-state index in [2.05, 4.69) is 18.2 Å². The van der Waals surface area contributed by atoms with Crippen LogP contribution in [-0.4, -0.2) is 11.1 Å². The lowest BCUT2D eigenvalue weighted by atomic mass is 9.74. The van der Waals surface area contributed by atoms with Crippen molar-refractivity contribution in [1.29, 1.82) is 0 Å². The van der Waals surface area contributed by atoms with Crippen LogP contribution < -0.4 is 5.73 Å². The summed E-state index contributed by atoms with van der Waals surface area (Å²) in [5, 5.41) is 10.2. The van der Waals surface area contributed by atoms with E-state index in [1.807, 2.05) is 0 Å². The summed E-state index contributed by atoms with van der Waals surface area (Å²) < 4.78 is 0. The summed E-state index contributed by atoms with van der Waals surface area (Å²) in [6.07, 6.45) is 4.94. The van der Waals surface area contributed by atoms with Gasteiger partial charge in [0, 0.05) is 6.04 Å². The summed E-state index contributed by atoms with van der Waals surface area (Å²) in [6, 6.07) is 6.68. The quantitative estimate of drug-likeness (QED) is 0.726. The third-order valence-corrected chi connectivity index (χ3v) is 3.89. The van der Waals surface area contributed by atoms with Gasteiger partial charge in [-0.25, -0.2) is 0 Å². The van der Waals surface area contributed by atoms with Crippen molar-refractivity contribution in [2.45, 2.75) is 43.7 Å². The Bertz CT molecular complexity index is 396. The zero-order chi connectivity index (χ0) is 10.5. The molecule has 2 aliphatic rings. The van der Waals surface area contributed by atoms with Gasteiger partial charge in [-0.2, -0.15) is 0 Å². The van der Waals surface area contributed by atoms with E-state index in [0.717, 1.165) is 37.7 Å². The van der Waals surface area contributed by atoms with Crippen molar-refractivity contribution < 1.29 is 5.11 Å². The van der Waals surface area contributed by atoms with Crippen molar-refractivity contribution in [2.75, 3.05) is 0 Å². The molecule has 1 saturated carbocycles. The topological polar surface area (TPSA) is 46.2 Å². The predicted molar refractivity (Wildman–Crippen MR) is 59.6 cm³/mol. The van der Waals surface area contributed by atoms with Gasteiger partial charge in [0.2, 0.25) is 0 Å². The number of benzene rings is 1. The highest BCUT2D eigenvalue weighted by Crippen LogP contribution is 2.42. The molecule has 1 aromatic rings. The molecule has 15 heavy (non-hydrogen) atoms. The van der Waals surface area contributed by atoms with Crippen molar-refractivity contribution in [3.05, 3.63) is 34.9 Å². The Morgan fingerprint density at radius 3 is 2.60 bits per heavy atom. The van der Waals surface area contributed by atoms with Crippen LogP contribution in [0.2, 0.25) is 0 Å². The normalized spacial score (nSPS) is 27.2. The standard InChI is InChI=1S/C13H17NO/c14-12-7-9-2-3-11(6-10(9)8-12)13(15)4-1-5-13/h2-3,6,12,15H,1,4-5,7-8,14H2. The Labute approximate surface area is 90.1 Å². The van der Waals surface area contributed by atoms with Crippen molar-refractivity contribution in [3.8, 4) is 0 Å². The minimum Gasteiger partial charge on any atom is -0.385 e. The molecular weight excluding hydrogens is 186 g/mol. The number of rotatable bonds is 1. The summed E-state index contributed by atoms with van der Waals surface area (Å²) >= 11 is 0. The van der Waals surface area contributed by atoms with Crippen molar-refractivity contribution in [3.63, 3.8) is 0 Å². The van der Waals surface area contributed by atoms with E-state index in [4.69, 9.17) is 5.73 Å². The van der Waals surface area contributed by atoms with Crippen molar-refractivity contribution >= 4 is 0 Å². The molecule has 1 aromatic carbocycles. The maximum absolute atomic E-state index is 10.2. The molecule has 0 aliphatic heterocycles. The highest BCUT2D eigenvalue weighted by molar-refractivity contribution is 5.39. The number of fused-ring (bicyclic) bond motifs is 1. The second kappa shape index (κ2) is 3.06. The minimum absolute atomic E-state index is 0.284. The molecule has 0 heterocycles. The monoisotopic (exact) mass is 203 g/mol. The largest absolute Gasteiger partial charge is 0.385 e. The third-order valence-electron chi connectivity index (χ3n) is 3.89. The predicted octanol–water partition coefficient (Wildman–Crippen LogP) is 1.48. The van der Waals surface area contributed by atoms with Gasteiger partial charge in [-0.3, -0.25) is 0 Å². The molecule has 1 unspecified atom stereocenters. The van der Waals surface area contributed by atoms with E-state index in [0.29, 0.717) is 0 Å². The van der Waals surface area contributed by atoms with Crippen LogP contribution in [0, 0.1) is 0 Å². The first-order valence-corrected chi connectivity index (χ1v) is 5.78. The molecule has 1 fully saturated rings. The molecule has 0 radical (unpaired) electrons. The fraction of sp³-hybridized carbons (Fsp3) is 0.538. The van der Waals surface area contributed by atoms with Gasteiger partial charge in [0.25, 0.3) is 0 Å². The van der Waals surface area contributed by atoms with Gasteiger partial charge in [-0.1, -0.05) is 18.2 Å². The molecular formula is C13H17NO. The number of nitrogens with two attached hydrogens (primary N) is 1.